The predicted molar refractivity (Wildman–Crippen MR) is 155 cm³/mol. The van der Waals surface area contributed by atoms with Crippen molar-refractivity contribution in [2.75, 3.05) is 12.4 Å². The van der Waals surface area contributed by atoms with Crippen LogP contribution in [0.1, 0.15) is 137 Å². The Morgan fingerprint density at radius 1 is 0.816 bits per heavy atom. The maximum absolute atomic E-state index is 13.4. The van der Waals surface area contributed by atoms with Crippen molar-refractivity contribution >= 4 is 24.3 Å². The van der Waals surface area contributed by atoms with Crippen molar-refractivity contribution in [3.05, 3.63) is 0 Å². The van der Waals surface area contributed by atoms with Gasteiger partial charge < -0.3 is 19.7 Å². The van der Waals surface area contributed by atoms with E-state index < -0.39 is 47.3 Å². The van der Waals surface area contributed by atoms with Crippen LogP contribution in [0.5, 0.6) is 0 Å². The van der Waals surface area contributed by atoms with E-state index in [1.807, 2.05) is 0 Å². The van der Waals surface area contributed by atoms with Gasteiger partial charge in [-0.05, 0) is 26.2 Å². The summed E-state index contributed by atoms with van der Waals surface area (Å²) in [4.78, 5) is 11.7. The maximum Gasteiger partial charge on any atom is 0.407 e. The van der Waals surface area contributed by atoms with Crippen molar-refractivity contribution in [1.29, 1.82) is 0 Å². The average Bonchev–Trinajstić information content (AvgIpc) is 2.88. The van der Waals surface area contributed by atoms with Crippen LogP contribution in [0.4, 0.5) is 0 Å². The molecule has 0 amide bonds. The molecule has 0 rings (SSSR count). The maximum atomic E-state index is 13.4. The summed E-state index contributed by atoms with van der Waals surface area (Å²) in [6.07, 6.45) is 14.0. The first-order valence-electron chi connectivity index (χ1n) is 14.9. The van der Waals surface area contributed by atoms with Gasteiger partial charge in [-0.2, -0.15) is 0 Å². The molecule has 0 aromatic rings. The smallest absolute Gasteiger partial charge is 0.407 e. The number of aliphatic hydroxyl groups is 1. The lowest BCUT2D eigenvalue weighted by atomic mass is 10.1. The van der Waals surface area contributed by atoms with E-state index in [1.165, 1.54) is 32.1 Å². The number of carboxylic acids is 1. The van der Waals surface area contributed by atoms with Gasteiger partial charge in [0.05, 0.1) is 17.1 Å². The second-order valence-corrected chi connectivity index (χ2v) is 13.8. The Morgan fingerprint density at radius 2 is 1.29 bits per heavy atom. The molecule has 38 heavy (non-hydrogen) atoms. The van der Waals surface area contributed by atoms with E-state index in [9.17, 15) is 28.0 Å². The minimum atomic E-state index is -3.55. The van der Waals surface area contributed by atoms with E-state index in [4.69, 9.17) is 9.47 Å². The molecule has 0 radical (unpaired) electrons. The van der Waals surface area contributed by atoms with E-state index in [0.717, 1.165) is 51.4 Å². The number of hydrogen-bond donors (Lipinski definition) is 2. The molecule has 0 aromatic carbocycles. The van der Waals surface area contributed by atoms with Crippen molar-refractivity contribution in [3.8, 4) is 0 Å². The fourth-order valence-electron chi connectivity index (χ4n) is 4.56. The van der Waals surface area contributed by atoms with Crippen LogP contribution in [-0.4, -0.2) is 59.9 Å². The average molecular weight is 584 g/mol. The molecule has 0 saturated heterocycles. The summed E-state index contributed by atoms with van der Waals surface area (Å²) >= 11 is 0. The Bertz CT molecular complexity index is 718. The van der Waals surface area contributed by atoms with Crippen LogP contribution in [-0.2, 0) is 28.7 Å². The molecule has 0 aliphatic rings. The van der Waals surface area contributed by atoms with E-state index in [0.29, 0.717) is 25.7 Å². The van der Waals surface area contributed by atoms with Crippen LogP contribution in [0.25, 0.3) is 0 Å². The lowest BCUT2D eigenvalue weighted by Crippen LogP contribution is -2.51. The normalized spacial score (nSPS) is 16.2. The van der Waals surface area contributed by atoms with Gasteiger partial charge in [-0.25, -0.2) is 13.2 Å². The number of hydrogen-bond acceptors (Lipinski definition) is 7. The third-order valence-corrected chi connectivity index (χ3v) is 10.2. The number of sulfone groups is 1. The molecule has 0 saturated carbocycles. The highest BCUT2D eigenvalue weighted by molar-refractivity contribution is 7.92. The van der Waals surface area contributed by atoms with Crippen LogP contribution in [0.2, 0.25) is 0 Å². The lowest BCUT2D eigenvalue weighted by Gasteiger charge is -2.30. The highest BCUT2D eigenvalue weighted by atomic mass is 32.2. The number of carboxylic acid groups (broad SMARTS) is 1. The highest BCUT2D eigenvalue weighted by Crippen LogP contribution is 2.31. The summed E-state index contributed by atoms with van der Waals surface area (Å²) in [6.45, 7) is 7.79. The van der Waals surface area contributed by atoms with E-state index in [-0.39, 0.29) is 12.4 Å². The molecular formula is C28H56O8PS+. The number of carbonyl (C=O) groups is 1. The third-order valence-electron chi connectivity index (χ3n) is 6.99. The molecule has 0 aliphatic carbocycles. The molecule has 0 aliphatic heterocycles. The quantitative estimate of drug-likeness (QED) is 0.0601. The van der Waals surface area contributed by atoms with Crippen molar-refractivity contribution in [2.45, 2.75) is 160 Å². The van der Waals surface area contributed by atoms with E-state index in [2.05, 4.69) is 13.8 Å². The molecule has 2 N–H and O–H groups in total. The summed E-state index contributed by atoms with van der Waals surface area (Å²) < 4.78 is 49.7. The zero-order valence-electron chi connectivity index (χ0n) is 24.4. The number of rotatable bonds is 27. The van der Waals surface area contributed by atoms with Gasteiger partial charge in [0.25, 0.3) is 0 Å². The zero-order chi connectivity index (χ0) is 28.9. The summed E-state index contributed by atoms with van der Waals surface area (Å²) in [5.41, 5.74) is 0. The van der Waals surface area contributed by atoms with Gasteiger partial charge in [0.15, 0.2) is 9.84 Å². The molecule has 0 spiro atoms. The lowest BCUT2D eigenvalue weighted by molar-refractivity contribution is -0.231. The zero-order valence-corrected chi connectivity index (χ0v) is 26.2. The van der Waals surface area contributed by atoms with Gasteiger partial charge in [0.1, 0.15) is 0 Å². The topological polar surface area (TPSA) is 127 Å². The molecule has 5 unspecified atom stereocenters. The van der Waals surface area contributed by atoms with Gasteiger partial charge >= 0.3 is 19.8 Å². The molecule has 0 fully saturated rings. The summed E-state index contributed by atoms with van der Waals surface area (Å²) in [6, 6.07) is 0. The molecule has 8 nitrogen and oxygen atoms in total. The fourth-order valence-corrected chi connectivity index (χ4v) is 6.97. The van der Waals surface area contributed by atoms with Gasteiger partial charge in [0, 0.05) is 6.61 Å². The highest BCUT2D eigenvalue weighted by Gasteiger charge is 2.57. The van der Waals surface area contributed by atoms with Crippen molar-refractivity contribution in [2.24, 2.45) is 0 Å². The molecule has 0 heterocycles. The largest absolute Gasteiger partial charge is 0.476 e. The van der Waals surface area contributed by atoms with Crippen molar-refractivity contribution in [3.63, 3.8) is 0 Å². The second-order valence-electron chi connectivity index (χ2n) is 10.5. The standard InChI is InChI=1S/C28H55O8PS/c1-5-8-10-12-14-15-16-18-20-23-38(33,34)25(21-19-17-13-11-9-6-2)24(4)36-27(35-22-7-3)28(31,37-32)26(29)30/h24-25,27,31H,5-23H2,1-4H3,(H,29,30)/p+1. The Balaban J connectivity index is 5.29. The van der Waals surface area contributed by atoms with Crippen LogP contribution in [0, 0.1) is 0 Å². The van der Waals surface area contributed by atoms with Gasteiger partial charge in [-0.15, -0.1) is 0 Å². The molecule has 10 heteroatoms. The van der Waals surface area contributed by atoms with Crippen LogP contribution < -0.4 is 0 Å². The van der Waals surface area contributed by atoms with Crippen molar-refractivity contribution < 1.29 is 37.5 Å². The molecule has 5 atom stereocenters. The van der Waals surface area contributed by atoms with E-state index >= 15 is 0 Å². The molecule has 226 valence electrons. The summed E-state index contributed by atoms with van der Waals surface area (Å²) in [5, 5.41) is 16.4. The monoisotopic (exact) mass is 583 g/mol. The van der Waals surface area contributed by atoms with Crippen LogP contribution in [0.15, 0.2) is 0 Å². The number of unbranched alkanes of at least 4 members (excludes halogenated alkanes) is 13. The Labute approximate surface area is 233 Å². The molecular weight excluding hydrogens is 527 g/mol. The number of aliphatic carboxylic acids is 1. The Morgan fingerprint density at radius 3 is 1.74 bits per heavy atom. The molecule has 0 bridgehead atoms. The third kappa shape index (κ3) is 15.3. The van der Waals surface area contributed by atoms with Gasteiger partial charge in [0.2, 0.25) is 6.29 Å². The first-order valence-corrected chi connectivity index (χ1v) is 17.6. The Kier molecular flexibility index (Phi) is 21.8. The minimum Gasteiger partial charge on any atom is -0.476 e. The SMILES string of the molecule is CCCCCCCCCCCS(=O)(=O)C(CCCCCCCC)C(C)OC(OCCC)C(O)([PH+]=O)C(=O)O. The van der Waals surface area contributed by atoms with Crippen molar-refractivity contribution in [1.82, 2.24) is 0 Å². The second kappa shape index (κ2) is 22.1. The van der Waals surface area contributed by atoms with Gasteiger partial charge in [-0.1, -0.05) is 115 Å². The number of ether oxygens (including phenoxy) is 2. The van der Waals surface area contributed by atoms with Gasteiger partial charge in [-0.3, -0.25) is 0 Å². The molecule has 0 aromatic heterocycles. The summed E-state index contributed by atoms with van der Waals surface area (Å²) in [5.74, 6) is -1.69. The fraction of sp³-hybridized carbons (Fsp3) is 0.964. The Hall–Kier alpha value is -0.600. The predicted octanol–water partition coefficient (Wildman–Crippen LogP) is 7.01. The summed E-state index contributed by atoms with van der Waals surface area (Å²) in [7, 11) is -5.19. The van der Waals surface area contributed by atoms with Crippen LogP contribution >= 0.6 is 8.46 Å². The first-order chi connectivity index (χ1) is 18.1. The first kappa shape index (κ1) is 37.4. The minimum absolute atomic E-state index is 0.0457. The van der Waals surface area contributed by atoms with E-state index in [1.54, 1.807) is 13.8 Å². The van der Waals surface area contributed by atoms with Crippen LogP contribution in [0.3, 0.4) is 0 Å².